The number of hydrogen-bond donors (Lipinski definition) is 2. The molecule has 2 rings (SSSR count). The van der Waals surface area contributed by atoms with Gasteiger partial charge in [-0.2, -0.15) is 0 Å². The van der Waals surface area contributed by atoms with Crippen molar-refractivity contribution in [3.8, 4) is 5.75 Å². The summed E-state index contributed by atoms with van der Waals surface area (Å²) in [7, 11) is 1.57. The Labute approximate surface area is 117 Å². The molecule has 0 aliphatic rings. The number of rotatable bonds is 4. The van der Waals surface area contributed by atoms with Gasteiger partial charge in [0.2, 0.25) is 0 Å². The van der Waals surface area contributed by atoms with E-state index in [1.807, 2.05) is 25.1 Å². The third kappa shape index (κ3) is 3.13. The maximum Gasteiger partial charge on any atom is 0.255 e. The lowest BCUT2D eigenvalue weighted by atomic mass is 10.2. The third-order valence-corrected chi connectivity index (χ3v) is 2.89. The summed E-state index contributed by atoms with van der Waals surface area (Å²) >= 11 is 0. The molecule has 0 bridgehead atoms. The molecule has 0 aliphatic carbocycles. The normalized spacial score (nSPS) is 10.2. The maximum atomic E-state index is 12.2. The van der Waals surface area contributed by atoms with Gasteiger partial charge < -0.3 is 15.8 Å². The van der Waals surface area contributed by atoms with Crippen molar-refractivity contribution in [2.24, 2.45) is 5.73 Å². The predicted octanol–water partition coefficient (Wildman–Crippen LogP) is 2.11. The second-order valence-electron chi connectivity index (χ2n) is 4.40. The number of aryl methyl sites for hydroxylation is 1. The van der Waals surface area contributed by atoms with Crippen molar-refractivity contribution < 1.29 is 9.53 Å². The fourth-order valence-corrected chi connectivity index (χ4v) is 1.83. The fourth-order valence-electron chi connectivity index (χ4n) is 1.83. The molecule has 5 nitrogen and oxygen atoms in total. The van der Waals surface area contributed by atoms with Crippen molar-refractivity contribution in [3.63, 3.8) is 0 Å². The highest BCUT2D eigenvalue weighted by Crippen LogP contribution is 2.25. The second kappa shape index (κ2) is 6.16. The summed E-state index contributed by atoms with van der Waals surface area (Å²) in [4.78, 5) is 16.3. The van der Waals surface area contributed by atoms with Crippen LogP contribution >= 0.6 is 0 Å². The Morgan fingerprint density at radius 1 is 1.35 bits per heavy atom. The summed E-state index contributed by atoms with van der Waals surface area (Å²) < 4.78 is 5.26. The van der Waals surface area contributed by atoms with Gasteiger partial charge in [0.25, 0.3) is 5.91 Å². The molecule has 2 aromatic rings. The maximum absolute atomic E-state index is 12.2. The standard InChI is InChI=1S/C15H17N3O2/c1-10-3-4-13(14(7-10)20-2)18-15(19)11-5-6-17-12(8-11)9-16/h3-8H,9,16H2,1-2H3,(H,18,19). The molecule has 3 N–H and O–H groups in total. The van der Waals surface area contributed by atoms with E-state index in [4.69, 9.17) is 10.5 Å². The number of benzene rings is 1. The summed E-state index contributed by atoms with van der Waals surface area (Å²) in [5.41, 5.74) is 8.41. The number of pyridine rings is 1. The highest BCUT2D eigenvalue weighted by atomic mass is 16.5. The monoisotopic (exact) mass is 271 g/mol. The van der Waals surface area contributed by atoms with Crippen LogP contribution in [0, 0.1) is 6.92 Å². The summed E-state index contributed by atoms with van der Waals surface area (Å²) in [6.07, 6.45) is 1.57. The largest absolute Gasteiger partial charge is 0.495 e. The van der Waals surface area contributed by atoms with Crippen LogP contribution in [0.25, 0.3) is 0 Å². The SMILES string of the molecule is COc1cc(C)ccc1NC(=O)c1ccnc(CN)c1. The van der Waals surface area contributed by atoms with Crippen LogP contribution in [0.3, 0.4) is 0 Å². The van der Waals surface area contributed by atoms with E-state index >= 15 is 0 Å². The number of carbonyl (C=O) groups is 1. The van der Waals surface area contributed by atoms with Gasteiger partial charge in [0.1, 0.15) is 5.75 Å². The Kier molecular flexibility index (Phi) is 4.32. The molecule has 0 aliphatic heterocycles. The number of ether oxygens (including phenoxy) is 1. The molecule has 1 heterocycles. The molecule has 104 valence electrons. The van der Waals surface area contributed by atoms with Crippen LogP contribution in [0.15, 0.2) is 36.5 Å². The first-order valence-electron chi connectivity index (χ1n) is 6.25. The third-order valence-electron chi connectivity index (χ3n) is 2.89. The lowest BCUT2D eigenvalue weighted by Crippen LogP contribution is -2.14. The average molecular weight is 271 g/mol. The van der Waals surface area contributed by atoms with Gasteiger partial charge in [-0.05, 0) is 36.8 Å². The molecule has 1 amide bonds. The first-order valence-corrected chi connectivity index (χ1v) is 6.25. The topological polar surface area (TPSA) is 77.2 Å². The van der Waals surface area contributed by atoms with E-state index in [0.717, 1.165) is 5.56 Å². The van der Waals surface area contributed by atoms with Gasteiger partial charge in [0.05, 0.1) is 18.5 Å². The Morgan fingerprint density at radius 2 is 2.15 bits per heavy atom. The zero-order valence-corrected chi connectivity index (χ0v) is 11.5. The van der Waals surface area contributed by atoms with Gasteiger partial charge in [-0.3, -0.25) is 9.78 Å². The molecule has 1 aromatic heterocycles. The van der Waals surface area contributed by atoms with Crippen molar-refractivity contribution in [1.29, 1.82) is 0 Å². The van der Waals surface area contributed by atoms with Crippen LogP contribution in [-0.4, -0.2) is 18.0 Å². The number of nitrogens with two attached hydrogens (primary N) is 1. The summed E-state index contributed by atoms with van der Waals surface area (Å²) in [5, 5.41) is 2.82. The minimum absolute atomic E-state index is 0.218. The molecular weight excluding hydrogens is 254 g/mol. The van der Waals surface area contributed by atoms with Crippen LogP contribution in [0.2, 0.25) is 0 Å². The summed E-state index contributed by atoms with van der Waals surface area (Å²) in [6.45, 7) is 2.26. The van der Waals surface area contributed by atoms with Gasteiger partial charge in [-0.15, -0.1) is 0 Å². The van der Waals surface area contributed by atoms with E-state index in [1.165, 1.54) is 0 Å². The molecule has 0 radical (unpaired) electrons. The van der Waals surface area contributed by atoms with Crippen LogP contribution < -0.4 is 15.8 Å². The lowest BCUT2D eigenvalue weighted by Gasteiger charge is -2.11. The molecule has 0 atom stereocenters. The second-order valence-corrected chi connectivity index (χ2v) is 4.40. The first kappa shape index (κ1) is 14.0. The minimum Gasteiger partial charge on any atom is -0.495 e. The number of nitrogens with one attached hydrogen (secondary N) is 1. The number of methoxy groups -OCH3 is 1. The van der Waals surface area contributed by atoms with Crippen LogP contribution in [-0.2, 0) is 6.54 Å². The van der Waals surface area contributed by atoms with Crippen molar-refractivity contribution in [3.05, 3.63) is 53.3 Å². The Morgan fingerprint density at radius 3 is 2.85 bits per heavy atom. The van der Waals surface area contributed by atoms with Crippen molar-refractivity contribution >= 4 is 11.6 Å². The van der Waals surface area contributed by atoms with E-state index in [2.05, 4.69) is 10.3 Å². The summed E-state index contributed by atoms with van der Waals surface area (Å²) in [6, 6.07) is 8.92. The van der Waals surface area contributed by atoms with E-state index in [-0.39, 0.29) is 5.91 Å². The van der Waals surface area contributed by atoms with E-state index in [9.17, 15) is 4.79 Å². The van der Waals surface area contributed by atoms with Crippen LogP contribution in [0.4, 0.5) is 5.69 Å². The van der Waals surface area contributed by atoms with Crippen molar-refractivity contribution in [2.75, 3.05) is 12.4 Å². The molecular formula is C15H17N3O2. The Balaban J connectivity index is 2.23. The first-order chi connectivity index (χ1) is 9.63. The molecule has 0 saturated carbocycles. The van der Waals surface area contributed by atoms with Gasteiger partial charge in [0, 0.05) is 18.3 Å². The minimum atomic E-state index is -0.218. The van der Waals surface area contributed by atoms with E-state index in [1.54, 1.807) is 25.4 Å². The van der Waals surface area contributed by atoms with Crippen molar-refractivity contribution in [1.82, 2.24) is 4.98 Å². The van der Waals surface area contributed by atoms with Crippen molar-refractivity contribution in [2.45, 2.75) is 13.5 Å². The zero-order chi connectivity index (χ0) is 14.5. The molecule has 0 saturated heterocycles. The van der Waals surface area contributed by atoms with E-state index < -0.39 is 0 Å². The quantitative estimate of drug-likeness (QED) is 0.892. The Bertz CT molecular complexity index is 626. The number of hydrogen-bond acceptors (Lipinski definition) is 4. The number of aromatic nitrogens is 1. The highest BCUT2D eigenvalue weighted by Gasteiger charge is 2.10. The smallest absolute Gasteiger partial charge is 0.255 e. The lowest BCUT2D eigenvalue weighted by molar-refractivity contribution is 0.102. The van der Waals surface area contributed by atoms with Crippen LogP contribution in [0.5, 0.6) is 5.75 Å². The molecule has 0 unspecified atom stereocenters. The van der Waals surface area contributed by atoms with E-state index in [0.29, 0.717) is 29.2 Å². The van der Waals surface area contributed by atoms with Gasteiger partial charge in [-0.25, -0.2) is 0 Å². The average Bonchev–Trinajstić information content (AvgIpc) is 2.49. The molecule has 0 fully saturated rings. The Hall–Kier alpha value is -2.40. The molecule has 0 spiro atoms. The van der Waals surface area contributed by atoms with Crippen LogP contribution in [0.1, 0.15) is 21.6 Å². The van der Waals surface area contributed by atoms with Gasteiger partial charge in [-0.1, -0.05) is 6.07 Å². The fraction of sp³-hybridized carbons (Fsp3) is 0.200. The summed E-state index contributed by atoms with van der Waals surface area (Å²) in [5.74, 6) is 0.413. The molecule has 1 aromatic carbocycles. The zero-order valence-electron chi connectivity index (χ0n) is 11.5. The number of nitrogens with zero attached hydrogens (tertiary/aromatic N) is 1. The van der Waals surface area contributed by atoms with Gasteiger partial charge >= 0.3 is 0 Å². The molecule has 5 heteroatoms. The predicted molar refractivity (Wildman–Crippen MR) is 77.8 cm³/mol. The number of anilines is 1. The number of amides is 1. The number of carbonyl (C=O) groups excluding carboxylic acids is 1. The highest BCUT2D eigenvalue weighted by molar-refractivity contribution is 6.05. The molecule has 20 heavy (non-hydrogen) atoms. The van der Waals surface area contributed by atoms with Gasteiger partial charge in [0.15, 0.2) is 0 Å².